The third-order valence-corrected chi connectivity index (χ3v) is 5.40. The summed E-state index contributed by atoms with van der Waals surface area (Å²) in [7, 11) is 0. The van der Waals surface area contributed by atoms with Gasteiger partial charge in [0, 0.05) is 17.7 Å². The second-order valence-electron chi connectivity index (χ2n) is 7.06. The Kier molecular flexibility index (Phi) is 3.82. The molecule has 0 bridgehead atoms. The fraction of sp³-hybridized carbons (Fsp3) is 0.333. The number of likely N-dealkylation sites (tertiary alicyclic amines) is 1. The first-order valence-corrected chi connectivity index (χ1v) is 8.72. The van der Waals surface area contributed by atoms with Gasteiger partial charge in [-0.2, -0.15) is 5.26 Å². The zero-order chi connectivity index (χ0) is 17.4. The molecule has 0 spiro atoms. The third kappa shape index (κ3) is 2.81. The minimum Gasteiger partial charge on any atom is -0.388 e. The number of aliphatic hydroxyl groups is 1. The molecule has 1 saturated heterocycles. The van der Waals surface area contributed by atoms with E-state index in [4.69, 9.17) is 0 Å². The summed E-state index contributed by atoms with van der Waals surface area (Å²) in [5.41, 5.74) is 1.97. The normalized spacial score (nSPS) is 22.6. The van der Waals surface area contributed by atoms with Gasteiger partial charge in [-0.15, -0.1) is 0 Å². The molecule has 25 heavy (non-hydrogen) atoms. The van der Waals surface area contributed by atoms with Gasteiger partial charge in [-0.1, -0.05) is 36.4 Å². The first kappa shape index (κ1) is 15.9. The molecule has 1 N–H and O–H groups in total. The highest BCUT2D eigenvalue weighted by atomic mass is 16.3. The van der Waals surface area contributed by atoms with Gasteiger partial charge >= 0.3 is 0 Å². The molecule has 4 nitrogen and oxygen atoms in total. The molecular formula is C21H20N2O2. The van der Waals surface area contributed by atoms with Crippen LogP contribution in [0.5, 0.6) is 0 Å². The second-order valence-corrected chi connectivity index (χ2v) is 7.06. The number of hydrogen-bond acceptors (Lipinski definition) is 3. The topological polar surface area (TPSA) is 64.3 Å². The van der Waals surface area contributed by atoms with Crippen molar-refractivity contribution >= 4 is 5.91 Å². The Morgan fingerprint density at radius 3 is 2.52 bits per heavy atom. The largest absolute Gasteiger partial charge is 0.388 e. The highest BCUT2D eigenvalue weighted by Gasteiger charge is 2.49. The molecule has 1 unspecified atom stereocenters. The maximum absolute atomic E-state index is 13.1. The SMILES string of the molecule is N#Cc1ccccc1-c1ccccc1C(=O)N1CCC(O)(C2CC2)C1. The average molecular weight is 332 g/mol. The van der Waals surface area contributed by atoms with Crippen LogP contribution in [0.3, 0.4) is 0 Å². The van der Waals surface area contributed by atoms with Crippen LogP contribution < -0.4 is 0 Å². The highest BCUT2D eigenvalue weighted by Crippen LogP contribution is 2.44. The van der Waals surface area contributed by atoms with Gasteiger partial charge in [0.15, 0.2) is 0 Å². The van der Waals surface area contributed by atoms with Crippen LogP contribution in [0.15, 0.2) is 48.5 Å². The van der Waals surface area contributed by atoms with E-state index in [0.29, 0.717) is 36.6 Å². The van der Waals surface area contributed by atoms with Crippen molar-refractivity contribution < 1.29 is 9.90 Å². The minimum absolute atomic E-state index is 0.0695. The van der Waals surface area contributed by atoms with Gasteiger partial charge < -0.3 is 10.0 Å². The van der Waals surface area contributed by atoms with Crippen LogP contribution >= 0.6 is 0 Å². The number of carbonyl (C=O) groups excluding carboxylic acids is 1. The quantitative estimate of drug-likeness (QED) is 0.938. The van der Waals surface area contributed by atoms with Crippen molar-refractivity contribution in [3.63, 3.8) is 0 Å². The maximum atomic E-state index is 13.1. The Balaban J connectivity index is 1.68. The molecule has 1 heterocycles. The lowest BCUT2D eigenvalue weighted by Gasteiger charge is -2.23. The summed E-state index contributed by atoms with van der Waals surface area (Å²) in [6.07, 6.45) is 2.77. The smallest absolute Gasteiger partial charge is 0.254 e. The molecule has 1 aliphatic carbocycles. The Hall–Kier alpha value is -2.64. The van der Waals surface area contributed by atoms with Gasteiger partial charge in [0.1, 0.15) is 0 Å². The predicted octanol–water partition coefficient (Wildman–Crippen LogP) is 3.21. The number of carbonyl (C=O) groups is 1. The van der Waals surface area contributed by atoms with E-state index in [2.05, 4.69) is 6.07 Å². The maximum Gasteiger partial charge on any atom is 0.254 e. The van der Waals surface area contributed by atoms with E-state index in [-0.39, 0.29) is 5.91 Å². The van der Waals surface area contributed by atoms with Crippen LogP contribution in [-0.2, 0) is 0 Å². The molecule has 4 rings (SSSR count). The van der Waals surface area contributed by atoms with Crippen LogP contribution in [-0.4, -0.2) is 34.6 Å². The van der Waals surface area contributed by atoms with Crippen LogP contribution in [0.25, 0.3) is 11.1 Å². The van der Waals surface area contributed by atoms with Gasteiger partial charge in [0.05, 0.1) is 23.8 Å². The molecule has 0 aromatic heterocycles. The Morgan fingerprint density at radius 1 is 1.12 bits per heavy atom. The van der Waals surface area contributed by atoms with Gasteiger partial charge in [-0.05, 0) is 42.9 Å². The molecule has 2 fully saturated rings. The Labute approximate surface area is 147 Å². The summed E-state index contributed by atoms with van der Waals surface area (Å²) >= 11 is 0. The lowest BCUT2D eigenvalue weighted by Crippen LogP contribution is -2.37. The lowest BCUT2D eigenvalue weighted by molar-refractivity contribution is 0.0257. The predicted molar refractivity (Wildman–Crippen MR) is 94.8 cm³/mol. The number of amides is 1. The van der Waals surface area contributed by atoms with E-state index in [1.807, 2.05) is 36.4 Å². The number of benzene rings is 2. The fourth-order valence-corrected chi connectivity index (χ4v) is 3.83. The van der Waals surface area contributed by atoms with Crippen molar-refractivity contribution in [3.05, 3.63) is 59.7 Å². The number of β-amino-alcohol motifs (C(OH)–C–C–N with tert-alkyl or cyclic N) is 1. The zero-order valence-electron chi connectivity index (χ0n) is 14.0. The van der Waals surface area contributed by atoms with Crippen LogP contribution in [0, 0.1) is 17.2 Å². The fourth-order valence-electron chi connectivity index (χ4n) is 3.83. The van der Waals surface area contributed by atoms with E-state index < -0.39 is 5.60 Å². The molecule has 1 saturated carbocycles. The Bertz CT molecular complexity index is 866. The second kappa shape index (κ2) is 6.02. The highest BCUT2D eigenvalue weighted by molar-refractivity contribution is 6.01. The molecule has 1 amide bonds. The number of hydrogen-bond donors (Lipinski definition) is 1. The van der Waals surface area contributed by atoms with Crippen molar-refractivity contribution in [3.8, 4) is 17.2 Å². The van der Waals surface area contributed by atoms with Crippen molar-refractivity contribution in [2.24, 2.45) is 5.92 Å². The zero-order valence-corrected chi connectivity index (χ0v) is 14.0. The van der Waals surface area contributed by atoms with E-state index >= 15 is 0 Å². The molecule has 4 heteroatoms. The summed E-state index contributed by atoms with van der Waals surface area (Å²) in [6.45, 7) is 0.991. The summed E-state index contributed by atoms with van der Waals surface area (Å²) in [5.74, 6) is 0.278. The molecule has 2 aromatic rings. The standard InChI is InChI=1S/C21H20N2O2/c22-13-15-5-1-2-6-17(15)18-7-3-4-8-19(18)20(24)23-12-11-21(25,14-23)16-9-10-16/h1-8,16,25H,9-12,14H2. The Morgan fingerprint density at radius 2 is 1.80 bits per heavy atom. The van der Waals surface area contributed by atoms with Crippen molar-refractivity contribution in [2.75, 3.05) is 13.1 Å². The van der Waals surface area contributed by atoms with E-state index in [9.17, 15) is 15.2 Å². The monoisotopic (exact) mass is 332 g/mol. The van der Waals surface area contributed by atoms with Crippen LogP contribution in [0.2, 0.25) is 0 Å². The van der Waals surface area contributed by atoms with Gasteiger partial charge in [0.2, 0.25) is 0 Å². The van der Waals surface area contributed by atoms with Crippen molar-refractivity contribution in [2.45, 2.75) is 24.9 Å². The van der Waals surface area contributed by atoms with Gasteiger partial charge in [0.25, 0.3) is 5.91 Å². The number of rotatable bonds is 3. The number of nitriles is 1. The van der Waals surface area contributed by atoms with Crippen LogP contribution in [0.1, 0.15) is 35.2 Å². The van der Waals surface area contributed by atoms with E-state index in [0.717, 1.165) is 24.0 Å². The van der Waals surface area contributed by atoms with E-state index in [1.165, 1.54) is 0 Å². The molecule has 2 aromatic carbocycles. The van der Waals surface area contributed by atoms with E-state index in [1.54, 1.807) is 17.0 Å². The van der Waals surface area contributed by atoms with Gasteiger partial charge in [-0.25, -0.2) is 0 Å². The summed E-state index contributed by atoms with van der Waals surface area (Å²) < 4.78 is 0. The first-order chi connectivity index (χ1) is 12.1. The first-order valence-electron chi connectivity index (χ1n) is 8.72. The summed E-state index contributed by atoms with van der Waals surface area (Å²) in [4.78, 5) is 14.9. The summed E-state index contributed by atoms with van der Waals surface area (Å²) in [6, 6.07) is 16.9. The van der Waals surface area contributed by atoms with Crippen LogP contribution in [0.4, 0.5) is 0 Å². The minimum atomic E-state index is -0.713. The van der Waals surface area contributed by atoms with Gasteiger partial charge in [-0.3, -0.25) is 4.79 Å². The molecule has 1 aliphatic heterocycles. The van der Waals surface area contributed by atoms with Crippen molar-refractivity contribution in [1.82, 2.24) is 4.90 Å². The molecule has 2 aliphatic rings. The molecule has 0 radical (unpaired) electrons. The number of nitrogens with zero attached hydrogens (tertiary/aromatic N) is 2. The lowest BCUT2D eigenvalue weighted by atomic mass is 9.95. The molecular weight excluding hydrogens is 312 g/mol. The third-order valence-electron chi connectivity index (χ3n) is 5.40. The molecule has 1 atom stereocenters. The van der Waals surface area contributed by atoms with Crippen molar-refractivity contribution in [1.29, 1.82) is 5.26 Å². The summed E-state index contributed by atoms with van der Waals surface area (Å²) in [5, 5.41) is 20.1. The molecule has 126 valence electrons. The average Bonchev–Trinajstić information content (AvgIpc) is 3.44.